The molecule has 7 nitrogen and oxygen atoms in total. The lowest BCUT2D eigenvalue weighted by atomic mass is 10.1. The van der Waals surface area contributed by atoms with E-state index >= 15 is 0 Å². The van der Waals surface area contributed by atoms with E-state index in [1.807, 2.05) is 69.3 Å². The first-order valence-corrected chi connectivity index (χ1v) is 11.5. The van der Waals surface area contributed by atoms with E-state index in [2.05, 4.69) is 0 Å². The van der Waals surface area contributed by atoms with Gasteiger partial charge in [-0.25, -0.2) is 0 Å². The monoisotopic (exact) mass is 462 g/mol. The minimum atomic E-state index is -0.151. The average molecular weight is 463 g/mol. The Morgan fingerprint density at radius 2 is 1.71 bits per heavy atom. The van der Waals surface area contributed by atoms with Gasteiger partial charge in [-0.3, -0.25) is 9.59 Å². The van der Waals surface area contributed by atoms with E-state index in [0.29, 0.717) is 42.5 Å². The third-order valence-corrected chi connectivity index (χ3v) is 5.79. The summed E-state index contributed by atoms with van der Waals surface area (Å²) in [7, 11) is 0. The fourth-order valence-corrected chi connectivity index (χ4v) is 4.02. The standard InChI is InChI=1S/C27H30N2O5/c1-4-13-28(27(31)23-8-6-5-7-19(23)2)17-26(30)29(16-22-11-9-20(3)34-22)15-21-10-12-24-25(14-21)33-18-32-24/h5-12,14H,4,13,15-18H2,1-3H3. The van der Waals surface area contributed by atoms with Crippen molar-refractivity contribution in [2.75, 3.05) is 19.9 Å². The first-order valence-electron chi connectivity index (χ1n) is 11.5. The third-order valence-electron chi connectivity index (χ3n) is 5.79. The van der Waals surface area contributed by atoms with Crippen molar-refractivity contribution in [2.45, 2.75) is 40.3 Å². The third kappa shape index (κ3) is 5.42. The van der Waals surface area contributed by atoms with Crippen LogP contribution in [0.25, 0.3) is 0 Å². The second-order valence-electron chi connectivity index (χ2n) is 8.49. The summed E-state index contributed by atoms with van der Waals surface area (Å²) in [4.78, 5) is 30.1. The quantitative estimate of drug-likeness (QED) is 0.461. The normalized spacial score (nSPS) is 12.0. The van der Waals surface area contributed by atoms with Gasteiger partial charge in [0.2, 0.25) is 12.7 Å². The summed E-state index contributed by atoms with van der Waals surface area (Å²) in [6.07, 6.45) is 0.754. The SMILES string of the molecule is CCCN(CC(=O)N(Cc1ccc2c(c1)OCO2)Cc1ccc(C)o1)C(=O)c1ccccc1C. The molecule has 0 radical (unpaired) electrons. The molecule has 4 rings (SSSR count). The Morgan fingerprint density at radius 3 is 2.44 bits per heavy atom. The van der Waals surface area contributed by atoms with Crippen LogP contribution in [0, 0.1) is 13.8 Å². The van der Waals surface area contributed by atoms with Gasteiger partial charge in [0.05, 0.1) is 6.54 Å². The molecular formula is C27H30N2O5. The molecule has 2 aromatic carbocycles. The molecule has 34 heavy (non-hydrogen) atoms. The molecular weight excluding hydrogens is 432 g/mol. The molecule has 2 heterocycles. The van der Waals surface area contributed by atoms with Crippen LogP contribution < -0.4 is 9.47 Å². The molecule has 1 aliphatic rings. The van der Waals surface area contributed by atoms with Crippen molar-refractivity contribution in [2.24, 2.45) is 0 Å². The van der Waals surface area contributed by atoms with Crippen molar-refractivity contribution in [3.8, 4) is 11.5 Å². The zero-order chi connectivity index (χ0) is 24.1. The van der Waals surface area contributed by atoms with Crippen molar-refractivity contribution in [3.05, 3.63) is 82.8 Å². The molecule has 7 heteroatoms. The number of fused-ring (bicyclic) bond motifs is 1. The molecule has 0 atom stereocenters. The number of nitrogens with zero attached hydrogens (tertiary/aromatic N) is 2. The molecule has 3 aromatic rings. The Kier molecular flexibility index (Phi) is 7.21. The van der Waals surface area contributed by atoms with Crippen molar-refractivity contribution < 1.29 is 23.5 Å². The van der Waals surface area contributed by atoms with Crippen molar-refractivity contribution in [1.29, 1.82) is 0 Å². The van der Waals surface area contributed by atoms with Gasteiger partial charge in [-0.15, -0.1) is 0 Å². The minimum absolute atomic E-state index is 0.00868. The summed E-state index contributed by atoms with van der Waals surface area (Å²) in [6.45, 7) is 7.12. The molecule has 0 fully saturated rings. The lowest BCUT2D eigenvalue weighted by Crippen LogP contribution is -2.43. The Hall–Kier alpha value is -3.74. The molecule has 0 N–H and O–H groups in total. The van der Waals surface area contributed by atoms with Gasteiger partial charge in [-0.1, -0.05) is 31.2 Å². The summed E-state index contributed by atoms with van der Waals surface area (Å²) in [6, 6.07) is 16.9. The highest BCUT2D eigenvalue weighted by Crippen LogP contribution is 2.33. The molecule has 178 valence electrons. The smallest absolute Gasteiger partial charge is 0.254 e. The van der Waals surface area contributed by atoms with Gasteiger partial charge in [0, 0.05) is 18.7 Å². The van der Waals surface area contributed by atoms with Crippen molar-refractivity contribution in [1.82, 2.24) is 9.80 Å². The largest absolute Gasteiger partial charge is 0.464 e. The molecule has 0 unspecified atom stereocenters. The first kappa shape index (κ1) is 23.4. The van der Waals surface area contributed by atoms with Crippen LogP contribution in [-0.4, -0.2) is 41.5 Å². The van der Waals surface area contributed by atoms with Gasteiger partial charge in [0.15, 0.2) is 11.5 Å². The maximum atomic E-state index is 13.5. The summed E-state index contributed by atoms with van der Waals surface area (Å²) in [5, 5.41) is 0. The first-order chi connectivity index (χ1) is 16.4. The van der Waals surface area contributed by atoms with Crippen LogP contribution in [0.5, 0.6) is 11.5 Å². The highest BCUT2D eigenvalue weighted by molar-refractivity contribution is 5.97. The van der Waals surface area contributed by atoms with Gasteiger partial charge < -0.3 is 23.7 Å². The van der Waals surface area contributed by atoms with Gasteiger partial charge in [-0.05, 0) is 61.7 Å². The van der Waals surface area contributed by atoms with Crippen LogP contribution in [0.3, 0.4) is 0 Å². The predicted molar refractivity (Wildman–Crippen MR) is 128 cm³/mol. The Bertz CT molecular complexity index is 1170. The molecule has 1 aliphatic heterocycles. The second-order valence-corrected chi connectivity index (χ2v) is 8.49. The van der Waals surface area contributed by atoms with Gasteiger partial charge in [-0.2, -0.15) is 0 Å². The molecule has 2 amide bonds. The topological polar surface area (TPSA) is 72.2 Å². The Balaban J connectivity index is 1.55. The highest BCUT2D eigenvalue weighted by atomic mass is 16.7. The van der Waals surface area contributed by atoms with Crippen LogP contribution in [0.1, 0.15) is 46.3 Å². The van der Waals surface area contributed by atoms with Crippen LogP contribution in [0.4, 0.5) is 0 Å². The maximum absolute atomic E-state index is 13.5. The lowest BCUT2D eigenvalue weighted by Gasteiger charge is -2.27. The van der Waals surface area contributed by atoms with E-state index in [1.165, 1.54) is 0 Å². The fraction of sp³-hybridized carbons (Fsp3) is 0.333. The Labute approximate surface area is 199 Å². The highest BCUT2D eigenvalue weighted by Gasteiger charge is 2.24. The van der Waals surface area contributed by atoms with E-state index in [1.54, 1.807) is 15.9 Å². The second kappa shape index (κ2) is 10.5. The van der Waals surface area contributed by atoms with E-state index < -0.39 is 0 Å². The van der Waals surface area contributed by atoms with E-state index in [0.717, 1.165) is 23.3 Å². The number of ether oxygens (including phenoxy) is 2. The van der Waals surface area contributed by atoms with Gasteiger partial charge in [0.1, 0.15) is 18.1 Å². The van der Waals surface area contributed by atoms with Crippen LogP contribution in [0.2, 0.25) is 0 Å². The summed E-state index contributed by atoms with van der Waals surface area (Å²) in [5.74, 6) is 2.56. The molecule has 0 saturated carbocycles. The maximum Gasteiger partial charge on any atom is 0.254 e. The van der Waals surface area contributed by atoms with Crippen LogP contribution in [-0.2, 0) is 17.9 Å². The summed E-state index contributed by atoms with van der Waals surface area (Å²) >= 11 is 0. The van der Waals surface area contributed by atoms with E-state index in [9.17, 15) is 9.59 Å². The van der Waals surface area contributed by atoms with Crippen LogP contribution in [0.15, 0.2) is 59.0 Å². The number of carbonyl (C=O) groups is 2. The number of hydrogen-bond donors (Lipinski definition) is 0. The summed E-state index contributed by atoms with van der Waals surface area (Å²) < 4.78 is 16.6. The summed E-state index contributed by atoms with van der Waals surface area (Å²) in [5.41, 5.74) is 2.42. The number of carbonyl (C=O) groups excluding carboxylic acids is 2. The van der Waals surface area contributed by atoms with Gasteiger partial charge in [0.25, 0.3) is 5.91 Å². The predicted octanol–water partition coefficient (Wildman–Crippen LogP) is 4.71. The van der Waals surface area contributed by atoms with E-state index in [-0.39, 0.29) is 25.2 Å². The molecule has 0 aliphatic carbocycles. The van der Waals surface area contributed by atoms with Crippen LogP contribution >= 0.6 is 0 Å². The number of furan rings is 1. The zero-order valence-corrected chi connectivity index (χ0v) is 19.9. The molecule has 0 saturated heterocycles. The lowest BCUT2D eigenvalue weighted by molar-refractivity contribution is -0.133. The van der Waals surface area contributed by atoms with Gasteiger partial charge >= 0.3 is 0 Å². The Morgan fingerprint density at radius 1 is 0.912 bits per heavy atom. The minimum Gasteiger partial charge on any atom is -0.464 e. The average Bonchev–Trinajstić information content (AvgIpc) is 3.46. The van der Waals surface area contributed by atoms with Crippen molar-refractivity contribution >= 4 is 11.8 Å². The number of aryl methyl sites for hydroxylation is 2. The van der Waals surface area contributed by atoms with Crippen molar-refractivity contribution in [3.63, 3.8) is 0 Å². The van der Waals surface area contributed by atoms with E-state index in [4.69, 9.17) is 13.9 Å². The molecule has 0 spiro atoms. The molecule has 0 bridgehead atoms. The number of benzene rings is 2. The fourth-order valence-electron chi connectivity index (χ4n) is 4.02. The molecule has 1 aromatic heterocycles. The number of amides is 2. The number of hydrogen-bond acceptors (Lipinski definition) is 5. The zero-order valence-electron chi connectivity index (χ0n) is 19.9. The number of rotatable bonds is 9.